The smallest absolute Gasteiger partial charge is 0.341 e. The molecule has 1 aromatic heterocycles. The van der Waals surface area contributed by atoms with Crippen molar-refractivity contribution in [3.8, 4) is 0 Å². The van der Waals surface area contributed by atoms with E-state index in [4.69, 9.17) is 11.6 Å². The van der Waals surface area contributed by atoms with Crippen molar-refractivity contribution in [3.05, 3.63) is 0 Å². The Morgan fingerprint density at radius 3 is 2.62 bits per heavy atom. The van der Waals surface area contributed by atoms with Crippen molar-refractivity contribution in [2.75, 3.05) is 11.2 Å². The standard InChI is InChI=1S/C2H6N6/c3-1-5-2(6-4)8-7-1/h4H2,(H4,3,5,6,7,8)/p+2. The molecule has 0 aromatic carbocycles. The van der Waals surface area contributed by atoms with Gasteiger partial charge in [-0.05, 0) is 0 Å². The molecule has 0 unspecified atom stereocenters. The topological polar surface area (TPSA) is 108 Å². The molecule has 0 saturated carbocycles. The second kappa shape index (κ2) is 1.66. The Hall–Kier alpha value is -1.30. The van der Waals surface area contributed by atoms with Crippen molar-refractivity contribution in [1.82, 2.24) is 5.10 Å². The molecule has 0 fully saturated rings. The Labute approximate surface area is 45.2 Å². The van der Waals surface area contributed by atoms with E-state index in [-0.39, 0.29) is 0 Å². The first-order chi connectivity index (χ1) is 3.83. The number of aromatic nitrogens is 3. The number of H-pyrrole nitrogens is 3. The van der Waals surface area contributed by atoms with Gasteiger partial charge in [0.05, 0.1) is 0 Å². The van der Waals surface area contributed by atoms with Crippen LogP contribution in [0, 0.1) is 0 Å². The van der Waals surface area contributed by atoms with Gasteiger partial charge >= 0.3 is 11.9 Å². The van der Waals surface area contributed by atoms with Gasteiger partial charge < -0.3 is 5.73 Å². The van der Waals surface area contributed by atoms with Gasteiger partial charge in [-0.3, -0.25) is 0 Å². The number of anilines is 2. The minimum Gasteiger partial charge on any atom is -0.341 e. The predicted molar refractivity (Wildman–Crippen MR) is 26.1 cm³/mol. The molecule has 0 radical (unpaired) electrons. The number of hydrogen-bond acceptors (Lipinski definition) is 3. The molecule has 0 aliphatic heterocycles. The Morgan fingerprint density at radius 2 is 2.38 bits per heavy atom. The molecular formula is C2H8N6+2. The fraction of sp³-hybridized carbons (Fsp3) is 0. The van der Waals surface area contributed by atoms with E-state index in [0.29, 0.717) is 11.9 Å². The van der Waals surface area contributed by atoms with E-state index < -0.39 is 0 Å². The molecule has 0 aliphatic rings. The van der Waals surface area contributed by atoms with Gasteiger partial charge in [0.15, 0.2) is 0 Å². The molecule has 44 valence electrons. The normalized spacial score (nSPS) is 9.12. The van der Waals surface area contributed by atoms with Gasteiger partial charge in [0, 0.05) is 0 Å². The van der Waals surface area contributed by atoms with Crippen molar-refractivity contribution in [2.45, 2.75) is 0 Å². The number of hydrazine groups is 1. The predicted octanol–water partition coefficient (Wildman–Crippen LogP) is -2.49. The van der Waals surface area contributed by atoms with Crippen LogP contribution < -0.4 is 27.1 Å². The Balaban J connectivity index is 2.84. The highest BCUT2D eigenvalue weighted by atomic mass is 15.4. The van der Waals surface area contributed by atoms with Crippen LogP contribution >= 0.6 is 0 Å². The lowest BCUT2D eigenvalue weighted by Crippen LogP contribution is -2.23. The second-order valence-corrected chi connectivity index (χ2v) is 1.31. The van der Waals surface area contributed by atoms with Crippen molar-refractivity contribution in [3.63, 3.8) is 0 Å². The fourth-order valence-corrected chi connectivity index (χ4v) is 0.399. The van der Waals surface area contributed by atoms with Crippen molar-refractivity contribution < 1.29 is 10.1 Å². The Kier molecular flexibility index (Phi) is 1.01. The molecule has 1 heterocycles. The number of nitrogens with one attached hydrogen (secondary N) is 4. The van der Waals surface area contributed by atoms with Crippen molar-refractivity contribution in [2.24, 2.45) is 5.84 Å². The van der Waals surface area contributed by atoms with Crippen molar-refractivity contribution >= 4 is 11.9 Å². The van der Waals surface area contributed by atoms with Crippen LogP contribution in [0.1, 0.15) is 0 Å². The highest BCUT2D eigenvalue weighted by Crippen LogP contribution is 1.77. The van der Waals surface area contributed by atoms with Gasteiger partial charge in [-0.1, -0.05) is 5.10 Å². The van der Waals surface area contributed by atoms with E-state index in [0.717, 1.165) is 0 Å². The van der Waals surface area contributed by atoms with Crippen LogP contribution in [0.5, 0.6) is 0 Å². The fourth-order valence-electron chi connectivity index (χ4n) is 0.399. The molecule has 6 nitrogen and oxygen atoms in total. The maximum Gasteiger partial charge on any atom is 0.564 e. The molecule has 0 atom stereocenters. The van der Waals surface area contributed by atoms with Crippen LogP contribution in [0.25, 0.3) is 0 Å². The minimum atomic E-state index is 0.429. The zero-order chi connectivity index (χ0) is 5.98. The van der Waals surface area contributed by atoms with E-state index in [9.17, 15) is 0 Å². The third kappa shape index (κ3) is 0.684. The van der Waals surface area contributed by atoms with Crippen LogP contribution in [-0.4, -0.2) is 5.10 Å². The molecule has 8 heavy (non-hydrogen) atoms. The maximum atomic E-state index is 5.22. The van der Waals surface area contributed by atoms with E-state index in [1.54, 1.807) is 0 Å². The van der Waals surface area contributed by atoms with Crippen LogP contribution in [0.2, 0.25) is 0 Å². The van der Waals surface area contributed by atoms with Gasteiger partial charge in [0.2, 0.25) is 0 Å². The molecule has 0 amide bonds. The quantitative estimate of drug-likeness (QED) is 0.241. The van der Waals surface area contributed by atoms with Gasteiger partial charge in [0.25, 0.3) is 0 Å². The largest absolute Gasteiger partial charge is 0.564 e. The summed E-state index contributed by atoms with van der Waals surface area (Å²) in [7, 11) is 0. The summed E-state index contributed by atoms with van der Waals surface area (Å²) in [6, 6.07) is 0. The molecule has 0 bridgehead atoms. The lowest BCUT2D eigenvalue weighted by Gasteiger charge is -1.66. The molecule has 0 saturated heterocycles. The molecule has 0 spiro atoms. The molecule has 1 aromatic rings. The third-order valence-corrected chi connectivity index (χ3v) is 0.726. The zero-order valence-electron chi connectivity index (χ0n) is 4.15. The van der Waals surface area contributed by atoms with Crippen LogP contribution in [0.4, 0.5) is 11.9 Å². The van der Waals surface area contributed by atoms with Gasteiger partial charge in [-0.15, -0.1) is 21.4 Å². The summed E-state index contributed by atoms with van der Waals surface area (Å²) < 4.78 is 0. The molecular weight excluding hydrogens is 108 g/mol. The lowest BCUT2D eigenvalue weighted by molar-refractivity contribution is -0.489. The zero-order valence-corrected chi connectivity index (χ0v) is 4.15. The summed E-state index contributed by atoms with van der Waals surface area (Å²) in [5.41, 5.74) is 7.54. The highest BCUT2D eigenvalue weighted by molar-refractivity contribution is 5.08. The summed E-state index contributed by atoms with van der Waals surface area (Å²) in [6.07, 6.45) is 0. The van der Waals surface area contributed by atoms with Crippen LogP contribution in [0.15, 0.2) is 0 Å². The van der Waals surface area contributed by atoms with E-state index in [2.05, 4.69) is 20.6 Å². The van der Waals surface area contributed by atoms with E-state index >= 15 is 0 Å². The summed E-state index contributed by atoms with van der Waals surface area (Å²) in [5.74, 6) is 5.95. The maximum absolute atomic E-state index is 5.22. The average Bonchev–Trinajstić information content (AvgIpc) is 2.14. The average molecular weight is 116 g/mol. The summed E-state index contributed by atoms with van der Waals surface area (Å²) in [4.78, 5) is 2.66. The number of nitrogen functional groups attached to an aromatic ring is 2. The van der Waals surface area contributed by atoms with Gasteiger partial charge in [0.1, 0.15) is 0 Å². The lowest BCUT2D eigenvalue weighted by atomic mass is 11.0. The number of rotatable bonds is 1. The van der Waals surface area contributed by atoms with E-state index in [1.165, 1.54) is 0 Å². The first kappa shape index (κ1) is 4.85. The Morgan fingerprint density at radius 1 is 1.62 bits per heavy atom. The van der Waals surface area contributed by atoms with Crippen LogP contribution in [0.3, 0.4) is 0 Å². The highest BCUT2D eigenvalue weighted by Gasteiger charge is 2.08. The number of aromatic amines is 3. The summed E-state index contributed by atoms with van der Waals surface area (Å²) in [5, 5.41) is 5.19. The monoisotopic (exact) mass is 116 g/mol. The third-order valence-electron chi connectivity index (χ3n) is 0.726. The molecule has 6 heteroatoms. The first-order valence-corrected chi connectivity index (χ1v) is 2.08. The second-order valence-electron chi connectivity index (χ2n) is 1.31. The first-order valence-electron chi connectivity index (χ1n) is 2.08. The van der Waals surface area contributed by atoms with Crippen molar-refractivity contribution in [1.29, 1.82) is 0 Å². The molecule has 8 N–H and O–H groups in total. The number of hydrogen-bond donors (Lipinski definition) is 4. The summed E-state index contributed by atoms with van der Waals surface area (Å²) >= 11 is 0. The van der Waals surface area contributed by atoms with E-state index in [1.807, 2.05) is 0 Å². The van der Waals surface area contributed by atoms with Gasteiger partial charge in [-0.2, -0.15) is 0 Å². The van der Waals surface area contributed by atoms with Crippen LogP contribution in [-0.2, 0) is 0 Å². The van der Waals surface area contributed by atoms with Gasteiger partial charge in [-0.25, -0.2) is 0 Å². The molecule has 0 aliphatic carbocycles. The number of nitrogens with two attached hydrogens (primary N) is 2. The molecule has 1 rings (SSSR count). The SMILES string of the molecule is NNc1[nH+][nH]c(N)[nH+]1. The summed E-state index contributed by atoms with van der Waals surface area (Å²) in [6.45, 7) is 0. The Bertz CT molecular complexity index is 167. The minimum absolute atomic E-state index is 0.429.